The van der Waals surface area contributed by atoms with Gasteiger partial charge < -0.3 is 14.7 Å². The number of carbonyl (C=O) groups excluding carboxylic acids is 2. The Kier molecular flexibility index (Phi) is 6.31. The average molecular weight is 405 g/mol. The van der Waals surface area contributed by atoms with Crippen LogP contribution in [-0.2, 0) is 9.59 Å². The Morgan fingerprint density at radius 3 is 2.39 bits per heavy atom. The van der Waals surface area contributed by atoms with E-state index in [1.165, 1.54) is 0 Å². The lowest BCUT2D eigenvalue weighted by atomic mass is 10.2. The molecule has 0 aliphatic carbocycles. The van der Waals surface area contributed by atoms with Gasteiger partial charge in [-0.1, -0.05) is 0 Å². The second-order valence-corrected chi connectivity index (χ2v) is 8.71. The van der Waals surface area contributed by atoms with Crippen LogP contribution in [0.5, 0.6) is 0 Å². The molecule has 3 aliphatic heterocycles. The molecule has 0 radical (unpaired) electrons. The summed E-state index contributed by atoms with van der Waals surface area (Å²) in [6, 6.07) is 1.69. The molecular weight excluding hydrogens is 376 g/mol. The van der Waals surface area contributed by atoms with Gasteiger partial charge in [-0.25, -0.2) is 9.97 Å². The largest absolute Gasteiger partial charge is 0.340 e. The summed E-state index contributed by atoms with van der Waals surface area (Å²) in [5, 5.41) is 0. The Balaban J connectivity index is 1.29. The van der Waals surface area contributed by atoms with Gasteiger partial charge in [0, 0.05) is 63.2 Å². The Morgan fingerprint density at radius 2 is 1.68 bits per heavy atom. The molecule has 9 heteroatoms. The fraction of sp³-hybridized carbons (Fsp3) is 0.684. The number of carbonyl (C=O) groups is 2. The molecule has 0 spiro atoms. The maximum atomic E-state index is 12.9. The summed E-state index contributed by atoms with van der Waals surface area (Å²) in [6.45, 7) is 5.69. The van der Waals surface area contributed by atoms with Crippen LogP contribution in [0.1, 0.15) is 12.8 Å². The van der Waals surface area contributed by atoms with Crippen molar-refractivity contribution < 1.29 is 9.59 Å². The minimum absolute atomic E-state index is 0.119. The van der Waals surface area contributed by atoms with Gasteiger partial charge in [-0.3, -0.25) is 14.5 Å². The van der Waals surface area contributed by atoms with E-state index in [4.69, 9.17) is 0 Å². The van der Waals surface area contributed by atoms with Crippen LogP contribution in [-0.4, -0.2) is 106 Å². The molecule has 1 aromatic heterocycles. The lowest BCUT2D eigenvalue weighted by molar-refractivity contribution is -0.138. The van der Waals surface area contributed by atoms with Crippen molar-refractivity contribution in [2.24, 2.45) is 0 Å². The molecule has 3 aliphatic rings. The number of anilines is 1. The third-order valence-electron chi connectivity index (χ3n) is 5.78. The maximum absolute atomic E-state index is 12.9. The van der Waals surface area contributed by atoms with Gasteiger partial charge in [-0.15, -0.1) is 0 Å². The van der Waals surface area contributed by atoms with Gasteiger partial charge in [0.1, 0.15) is 0 Å². The lowest BCUT2D eigenvalue weighted by Crippen LogP contribution is -2.54. The Hall–Kier alpha value is -1.87. The summed E-state index contributed by atoms with van der Waals surface area (Å²) >= 11 is 1.91. The smallest absolute Gasteiger partial charge is 0.239 e. The molecule has 1 unspecified atom stereocenters. The number of aromatic nitrogens is 2. The van der Waals surface area contributed by atoms with E-state index in [-0.39, 0.29) is 17.9 Å². The van der Waals surface area contributed by atoms with Gasteiger partial charge in [-0.05, 0) is 25.5 Å². The summed E-state index contributed by atoms with van der Waals surface area (Å²) in [4.78, 5) is 42.4. The molecule has 0 saturated carbocycles. The van der Waals surface area contributed by atoms with Gasteiger partial charge in [-0.2, -0.15) is 11.8 Å². The summed E-state index contributed by atoms with van der Waals surface area (Å²) in [5.74, 6) is 3.11. The van der Waals surface area contributed by atoms with Crippen molar-refractivity contribution in [1.29, 1.82) is 0 Å². The second-order valence-electron chi connectivity index (χ2n) is 7.48. The highest BCUT2D eigenvalue weighted by atomic mass is 32.2. The highest BCUT2D eigenvalue weighted by molar-refractivity contribution is 7.99. The summed E-state index contributed by atoms with van der Waals surface area (Å²) in [5.41, 5.74) is 0. The lowest BCUT2D eigenvalue weighted by Gasteiger charge is -2.36. The van der Waals surface area contributed by atoms with Crippen LogP contribution in [0, 0.1) is 0 Å². The molecule has 1 aromatic rings. The zero-order valence-electron chi connectivity index (χ0n) is 16.2. The van der Waals surface area contributed by atoms with Gasteiger partial charge in [0.15, 0.2) is 0 Å². The first-order valence-electron chi connectivity index (χ1n) is 10.1. The number of hydrogen-bond donors (Lipinski definition) is 0. The van der Waals surface area contributed by atoms with Crippen LogP contribution in [0.4, 0.5) is 5.95 Å². The molecule has 0 N–H and O–H groups in total. The average Bonchev–Trinajstić information content (AvgIpc) is 3.22. The maximum Gasteiger partial charge on any atom is 0.239 e. The van der Waals surface area contributed by atoms with E-state index in [0.717, 1.165) is 63.0 Å². The first-order valence-corrected chi connectivity index (χ1v) is 11.3. The molecule has 3 saturated heterocycles. The first-order chi connectivity index (χ1) is 13.7. The van der Waals surface area contributed by atoms with Crippen LogP contribution < -0.4 is 4.90 Å². The zero-order chi connectivity index (χ0) is 19.3. The van der Waals surface area contributed by atoms with Crippen molar-refractivity contribution in [3.8, 4) is 0 Å². The molecule has 8 nitrogen and oxygen atoms in total. The van der Waals surface area contributed by atoms with E-state index in [0.29, 0.717) is 19.6 Å². The molecule has 28 heavy (non-hydrogen) atoms. The summed E-state index contributed by atoms with van der Waals surface area (Å²) in [7, 11) is 0. The number of piperazine rings is 1. The molecule has 0 bridgehead atoms. The number of hydrogen-bond acceptors (Lipinski definition) is 7. The van der Waals surface area contributed by atoms with E-state index >= 15 is 0 Å². The quantitative estimate of drug-likeness (QED) is 0.708. The minimum atomic E-state index is -0.119. The van der Waals surface area contributed by atoms with Crippen LogP contribution in [0.2, 0.25) is 0 Å². The summed E-state index contributed by atoms with van der Waals surface area (Å²) in [6.07, 6.45) is 5.34. The monoisotopic (exact) mass is 404 g/mol. The molecule has 4 rings (SSSR count). The number of rotatable bonds is 4. The fourth-order valence-electron chi connectivity index (χ4n) is 4.17. The van der Waals surface area contributed by atoms with Gasteiger partial charge in [0.25, 0.3) is 0 Å². The number of amides is 2. The topological polar surface area (TPSA) is 72.9 Å². The molecule has 3 fully saturated rings. The minimum Gasteiger partial charge on any atom is -0.340 e. The Morgan fingerprint density at radius 1 is 0.964 bits per heavy atom. The van der Waals surface area contributed by atoms with Crippen molar-refractivity contribution in [1.82, 2.24) is 24.7 Å². The number of nitrogens with zero attached hydrogens (tertiary/aromatic N) is 6. The van der Waals surface area contributed by atoms with Gasteiger partial charge in [0.05, 0.1) is 12.6 Å². The van der Waals surface area contributed by atoms with Crippen molar-refractivity contribution in [2.75, 3.05) is 68.8 Å². The van der Waals surface area contributed by atoms with Gasteiger partial charge >= 0.3 is 0 Å². The van der Waals surface area contributed by atoms with E-state index in [2.05, 4.69) is 19.8 Å². The van der Waals surface area contributed by atoms with Crippen LogP contribution in [0.15, 0.2) is 18.5 Å². The predicted molar refractivity (Wildman–Crippen MR) is 109 cm³/mol. The molecule has 152 valence electrons. The van der Waals surface area contributed by atoms with Crippen LogP contribution in [0.3, 0.4) is 0 Å². The van der Waals surface area contributed by atoms with Crippen LogP contribution >= 0.6 is 11.8 Å². The van der Waals surface area contributed by atoms with Crippen molar-refractivity contribution in [2.45, 2.75) is 18.9 Å². The van der Waals surface area contributed by atoms with Crippen molar-refractivity contribution in [3.63, 3.8) is 0 Å². The van der Waals surface area contributed by atoms with E-state index in [1.807, 2.05) is 21.6 Å². The van der Waals surface area contributed by atoms with E-state index < -0.39 is 0 Å². The second kappa shape index (κ2) is 9.09. The molecule has 2 amide bonds. The standard InChI is InChI=1S/C19H28N6O2S/c26-17(22-7-9-24(10-8-22)19-20-4-2-5-21-19)15-25-6-1-3-16(25)18(27)23-11-13-28-14-12-23/h2,4-5,16H,1,3,6-15H2. The summed E-state index contributed by atoms with van der Waals surface area (Å²) < 4.78 is 0. The SMILES string of the molecule is O=C(CN1CCCC1C(=O)N1CCSCC1)N1CCN(c2ncccn2)CC1. The Labute approximate surface area is 170 Å². The van der Waals surface area contributed by atoms with Gasteiger partial charge in [0.2, 0.25) is 17.8 Å². The number of likely N-dealkylation sites (tertiary alicyclic amines) is 1. The fourth-order valence-corrected chi connectivity index (χ4v) is 5.08. The van der Waals surface area contributed by atoms with Crippen molar-refractivity contribution >= 4 is 29.5 Å². The molecule has 1 atom stereocenters. The highest BCUT2D eigenvalue weighted by Crippen LogP contribution is 2.21. The van der Waals surface area contributed by atoms with Crippen molar-refractivity contribution in [3.05, 3.63) is 18.5 Å². The first kappa shape index (κ1) is 19.4. The predicted octanol–water partition coefficient (Wildman–Crippen LogP) is 0.165. The normalized spacial score (nSPS) is 23.9. The third-order valence-corrected chi connectivity index (χ3v) is 6.72. The molecular formula is C19H28N6O2S. The van der Waals surface area contributed by atoms with E-state index in [9.17, 15) is 9.59 Å². The molecule has 4 heterocycles. The number of thioether (sulfide) groups is 1. The highest BCUT2D eigenvalue weighted by Gasteiger charge is 2.36. The third kappa shape index (κ3) is 4.41. The van der Waals surface area contributed by atoms with E-state index in [1.54, 1.807) is 18.5 Å². The van der Waals surface area contributed by atoms with Crippen LogP contribution in [0.25, 0.3) is 0 Å². The molecule has 0 aromatic carbocycles. The Bertz CT molecular complexity index is 676. The zero-order valence-corrected chi connectivity index (χ0v) is 17.0.